The second-order valence-corrected chi connectivity index (χ2v) is 8.07. The molecule has 2 N–H and O–H groups in total. The van der Waals surface area contributed by atoms with Gasteiger partial charge in [-0.2, -0.15) is 0 Å². The normalized spacial score (nSPS) is 19.6. The molecule has 2 aliphatic rings. The molecule has 2 fully saturated rings. The van der Waals surface area contributed by atoms with Gasteiger partial charge in [-0.25, -0.2) is 0 Å². The zero-order valence-corrected chi connectivity index (χ0v) is 18.3. The molecule has 2 heterocycles. The summed E-state index contributed by atoms with van der Waals surface area (Å²) in [5.74, 6) is -1.01. The fourth-order valence-electron chi connectivity index (χ4n) is 3.92. The first-order valence-corrected chi connectivity index (χ1v) is 10.9. The molecule has 0 spiro atoms. The van der Waals surface area contributed by atoms with E-state index in [9.17, 15) is 32.9 Å². The summed E-state index contributed by atoms with van der Waals surface area (Å²) in [6.07, 6.45) is -0.552. The minimum absolute atomic E-state index is 0.0423. The number of ether oxygens (including phenoxy) is 1. The Hall–Kier alpha value is -3.51. The molecule has 2 aliphatic heterocycles. The highest BCUT2D eigenvalue weighted by atomic mass is 19.4. The molecular weight excluding hydrogens is 459 g/mol. The number of hydrogen-bond donors (Lipinski definition) is 2. The van der Waals surface area contributed by atoms with Gasteiger partial charge < -0.3 is 25.2 Å². The van der Waals surface area contributed by atoms with E-state index in [1.165, 1.54) is 17.0 Å². The molecule has 1 atom stereocenters. The Labute approximate surface area is 193 Å². The van der Waals surface area contributed by atoms with Crippen LogP contribution in [0.5, 0.6) is 5.75 Å². The van der Waals surface area contributed by atoms with Gasteiger partial charge in [0.25, 0.3) is 6.20 Å². The third kappa shape index (κ3) is 7.52. The standard InChI is InChI=1S/C21H26F3N5O5/c22-21(23,24)34-16-8-6-15(7-9-16)25-18(13-29(32)33)26-17-5-1-2-12-28(20(17)31)14-19(30)27-10-3-4-11-27/h6-9,13,17,25-26H,1-5,10-12,14H2/b18-13+/t17-/m0/s1. The molecule has 0 aliphatic carbocycles. The van der Waals surface area contributed by atoms with Crippen molar-refractivity contribution in [3.63, 3.8) is 0 Å². The summed E-state index contributed by atoms with van der Waals surface area (Å²) in [5.41, 5.74) is 0.247. The van der Waals surface area contributed by atoms with Crippen LogP contribution in [-0.4, -0.2) is 65.1 Å². The maximum absolute atomic E-state index is 13.1. The van der Waals surface area contributed by atoms with E-state index in [0.717, 1.165) is 25.0 Å². The van der Waals surface area contributed by atoms with Crippen molar-refractivity contribution in [1.82, 2.24) is 15.1 Å². The number of benzene rings is 1. The number of carbonyl (C=O) groups is 2. The lowest BCUT2D eigenvalue weighted by atomic mass is 10.1. The Morgan fingerprint density at radius 3 is 2.41 bits per heavy atom. The smallest absolute Gasteiger partial charge is 0.406 e. The molecule has 0 unspecified atom stereocenters. The average molecular weight is 485 g/mol. The van der Waals surface area contributed by atoms with Gasteiger partial charge in [-0.05, 0) is 56.4 Å². The fraction of sp³-hybridized carbons (Fsp3) is 0.524. The van der Waals surface area contributed by atoms with E-state index >= 15 is 0 Å². The first-order valence-electron chi connectivity index (χ1n) is 10.9. The summed E-state index contributed by atoms with van der Waals surface area (Å²) in [6, 6.07) is 3.82. The topological polar surface area (TPSA) is 117 Å². The molecule has 2 amide bonds. The van der Waals surface area contributed by atoms with Crippen LogP contribution in [0.25, 0.3) is 0 Å². The lowest BCUT2D eigenvalue weighted by Gasteiger charge is -2.27. The molecule has 1 aromatic rings. The molecule has 0 aromatic heterocycles. The summed E-state index contributed by atoms with van der Waals surface area (Å²) >= 11 is 0. The number of anilines is 1. The molecule has 0 bridgehead atoms. The number of nitrogens with one attached hydrogen (secondary N) is 2. The van der Waals surface area contributed by atoms with Crippen LogP contribution in [0, 0.1) is 10.1 Å². The van der Waals surface area contributed by atoms with Crippen LogP contribution in [0.2, 0.25) is 0 Å². The van der Waals surface area contributed by atoms with Gasteiger partial charge in [-0.1, -0.05) is 0 Å². The maximum atomic E-state index is 13.1. The number of nitro groups is 1. The molecular formula is C21H26F3N5O5. The van der Waals surface area contributed by atoms with Crippen LogP contribution < -0.4 is 15.4 Å². The predicted octanol–water partition coefficient (Wildman–Crippen LogP) is 2.67. The van der Waals surface area contributed by atoms with Gasteiger partial charge in [-0.15, -0.1) is 13.2 Å². The Kier molecular flexibility index (Phi) is 8.18. The summed E-state index contributed by atoms with van der Waals surface area (Å²) < 4.78 is 40.8. The van der Waals surface area contributed by atoms with Crippen LogP contribution in [0.3, 0.4) is 0 Å². The van der Waals surface area contributed by atoms with Crippen molar-refractivity contribution in [3.8, 4) is 5.75 Å². The predicted molar refractivity (Wildman–Crippen MR) is 115 cm³/mol. The second-order valence-electron chi connectivity index (χ2n) is 8.07. The number of likely N-dealkylation sites (tertiary alicyclic amines) is 2. The zero-order chi connectivity index (χ0) is 24.7. The summed E-state index contributed by atoms with van der Waals surface area (Å²) in [7, 11) is 0. The largest absolute Gasteiger partial charge is 0.573 e. The summed E-state index contributed by atoms with van der Waals surface area (Å²) in [4.78, 5) is 39.2. The van der Waals surface area contributed by atoms with Gasteiger partial charge in [0.15, 0.2) is 5.82 Å². The molecule has 34 heavy (non-hydrogen) atoms. The van der Waals surface area contributed by atoms with Crippen molar-refractivity contribution in [3.05, 3.63) is 46.4 Å². The summed E-state index contributed by atoms with van der Waals surface area (Å²) in [5, 5.41) is 16.7. The molecule has 186 valence electrons. The SMILES string of the molecule is O=C(CN1CCCC[C@H](N/C(=C/[N+](=O)[O-])Nc2ccc(OC(F)(F)F)cc2)C1=O)N1CCCC1. The van der Waals surface area contributed by atoms with E-state index in [1.807, 2.05) is 0 Å². The number of nitrogens with zero attached hydrogens (tertiary/aromatic N) is 3. The van der Waals surface area contributed by atoms with E-state index in [2.05, 4.69) is 15.4 Å². The van der Waals surface area contributed by atoms with Crippen LogP contribution in [-0.2, 0) is 9.59 Å². The Balaban J connectivity index is 1.67. The fourth-order valence-corrected chi connectivity index (χ4v) is 3.92. The van der Waals surface area contributed by atoms with Crippen LogP contribution in [0.15, 0.2) is 36.3 Å². The van der Waals surface area contributed by atoms with E-state index in [4.69, 9.17) is 0 Å². The number of hydrogen-bond acceptors (Lipinski definition) is 7. The lowest BCUT2D eigenvalue weighted by Crippen LogP contribution is -2.49. The highest BCUT2D eigenvalue weighted by Crippen LogP contribution is 2.24. The maximum Gasteiger partial charge on any atom is 0.573 e. The van der Waals surface area contributed by atoms with Gasteiger partial charge in [0.05, 0.1) is 11.5 Å². The van der Waals surface area contributed by atoms with Gasteiger partial charge in [-0.3, -0.25) is 19.7 Å². The molecule has 1 aromatic carbocycles. The molecule has 3 rings (SSSR count). The number of halogens is 3. The average Bonchev–Trinajstić information content (AvgIpc) is 3.24. The molecule has 10 nitrogen and oxygen atoms in total. The quantitative estimate of drug-likeness (QED) is 0.430. The first kappa shape index (κ1) is 25.1. The number of alkyl halides is 3. The number of rotatable bonds is 8. The third-order valence-electron chi connectivity index (χ3n) is 5.50. The Bertz CT molecular complexity index is 916. The van der Waals surface area contributed by atoms with Crippen LogP contribution in [0.4, 0.5) is 18.9 Å². The Morgan fingerprint density at radius 1 is 1.15 bits per heavy atom. The molecule has 0 saturated carbocycles. The van der Waals surface area contributed by atoms with Gasteiger partial charge in [0.1, 0.15) is 11.8 Å². The Morgan fingerprint density at radius 2 is 1.79 bits per heavy atom. The van der Waals surface area contributed by atoms with E-state index in [-0.39, 0.29) is 29.9 Å². The molecule has 0 radical (unpaired) electrons. The van der Waals surface area contributed by atoms with E-state index < -0.39 is 23.1 Å². The van der Waals surface area contributed by atoms with Gasteiger partial charge >= 0.3 is 6.36 Å². The van der Waals surface area contributed by atoms with Crippen molar-refractivity contribution < 1.29 is 32.4 Å². The first-order chi connectivity index (χ1) is 16.1. The number of carbonyl (C=O) groups excluding carboxylic acids is 2. The number of amides is 2. The van der Waals surface area contributed by atoms with Crippen LogP contribution >= 0.6 is 0 Å². The highest BCUT2D eigenvalue weighted by molar-refractivity contribution is 5.88. The van der Waals surface area contributed by atoms with Crippen molar-refractivity contribution in [2.45, 2.75) is 44.5 Å². The molecule has 2 saturated heterocycles. The van der Waals surface area contributed by atoms with E-state index in [1.54, 1.807) is 4.90 Å². The van der Waals surface area contributed by atoms with Crippen molar-refractivity contribution >= 4 is 17.5 Å². The lowest BCUT2D eigenvalue weighted by molar-refractivity contribution is -0.403. The van der Waals surface area contributed by atoms with Crippen molar-refractivity contribution in [2.24, 2.45) is 0 Å². The van der Waals surface area contributed by atoms with Gasteiger partial charge in [0.2, 0.25) is 11.8 Å². The zero-order valence-electron chi connectivity index (χ0n) is 18.3. The van der Waals surface area contributed by atoms with Crippen molar-refractivity contribution in [2.75, 3.05) is 31.5 Å². The molecule has 13 heteroatoms. The summed E-state index contributed by atoms with van der Waals surface area (Å²) in [6.45, 7) is 1.72. The monoisotopic (exact) mass is 485 g/mol. The van der Waals surface area contributed by atoms with E-state index in [0.29, 0.717) is 45.1 Å². The van der Waals surface area contributed by atoms with Crippen LogP contribution in [0.1, 0.15) is 32.1 Å². The minimum atomic E-state index is -4.84. The van der Waals surface area contributed by atoms with Gasteiger partial charge in [0, 0.05) is 25.3 Å². The van der Waals surface area contributed by atoms with Crippen molar-refractivity contribution in [1.29, 1.82) is 0 Å². The third-order valence-corrected chi connectivity index (χ3v) is 5.50. The second kappa shape index (κ2) is 11.1. The minimum Gasteiger partial charge on any atom is -0.406 e. The highest BCUT2D eigenvalue weighted by Gasteiger charge is 2.32.